The van der Waals surface area contributed by atoms with Crippen molar-refractivity contribution in [3.8, 4) is 0 Å². The van der Waals surface area contributed by atoms with Gasteiger partial charge in [0.2, 0.25) is 0 Å². The number of pyridine rings is 1. The van der Waals surface area contributed by atoms with Crippen LogP contribution in [-0.2, 0) is 6.54 Å². The summed E-state index contributed by atoms with van der Waals surface area (Å²) in [6.07, 6.45) is 5.78. The minimum Gasteiger partial charge on any atom is -0.468 e. The normalized spacial score (nSPS) is 13.1. The van der Waals surface area contributed by atoms with Crippen LogP contribution < -0.4 is 5.32 Å². The number of likely N-dealkylation sites (N-methyl/N-ethyl adjacent to an activating group) is 1. The average Bonchev–Trinajstić information content (AvgIpc) is 3.11. The zero-order valence-corrected chi connectivity index (χ0v) is 12.4. The second-order valence-electron chi connectivity index (χ2n) is 5.32. The monoisotopic (exact) mass is 284 g/mol. The Balaban J connectivity index is 1.62. The molecule has 0 aliphatic heterocycles. The molecule has 21 heavy (non-hydrogen) atoms. The lowest BCUT2D eigenvalue weighted by Crippen LogP contribution is -2.30. The summed E-state index contributed by atoms with van der Waals surface area (Å²) in [4.78, 5) is 6.73. The van der Waals surface area contributed by atoms with Gasteiger partial charge in [-0.3, -0.25) is 4.90 Å². The molecule has 3 heterocycles. The van der Waals surface area contributed by atoms with Crippen molar-refractivity contribution in [1.29, 1.82) is 0 Å². The minimum atomic E-state index is 0.219. The summed E-state index contributed by atoms with van der Waals surface area (Å²) in [5.41, 5.74) is 2.02. The highest BCUT2D eigenvalue weighted by Gasteiger charge is 2.16. The summed E-state index contributed by atoms with van der Waals surface area (Å²) in [7, 11) is 4.11. The Bertz CT molecular complexity index is 654. The molecule has 3 rings (SSSR count). The zero-order chi connectivity index (χ0) is 14.7. The number of fused-ring (bicyclic) bond motifs is 1. The maximum atomic E-state index is 5.51. The van der Waals surface area contributed by atoms with E-state index in [-0.39, 0.29) is 6.04 Å². The summed E-state index contributed by atoms with van der Waals surface area (Å²) in [5.74, 6) is 0.975. The molecule has 3 aromatic heterocycles. The van der Waals surface area contributed by atoms with Crippen LogP contribution in [-0.4, -0.2) is 34.9 Å². The van der Waals surface area contributed by atoms with Crippen molar-refractivity contribution in [1.82, 2.24) is 19.6 Å². The number of hydrogen-bond donors (Lipinski definition) is 1. The molecule has 0 fully saturated rings. The maximum Gasteiger partial charge on any atom is 0.137 e. The predicted molar refractivity (Wildman–Crippen MR) is 82.0 cm³/mol. The van der Waals surface area contributed by atoms with Gasteiger partial charge in [-0.15, -0.1) is 0 Å². The largest absolute Gasteiger partial charge is 0.468 e. The number of imidazole rings is 1. The molecule has 0 amide bonds. The van der Waals surface area contributed by atoms with Crippen molar-refractivity contribution < 1.29 is 4.42 Å². The zero-order valence-electron chi connectivity index (χ0n) is 12.4. The van der Waals surface area contributed by atoms with Crippen LogP contribution in [0.5, 0.6) is 0 Å². The number of aromatic nitrogens is 2. The van der Waals surface area contributed by atoms with E-state index in [0.29, 0.717) is 0 Å². The van der Waals surface area contributed by atoms with Crippen molar-refractivity contribution >= 4 is 5.65 Å². The van der Waals surface area contributed by atoms with E-state index in [1.165, 1.54) is 0 Å². The third-order valence-electron chi connectivity index (χ3n) is 3.55. The Hall–Kier alpha value is -2.11. The SMILES string of the molecule is CN(C)C(CNCc1cn2ccccc2n1)c1ccco1. The highest BCUT2D eigenvalue weighted by molar-refractivity contribution is 5.39. The lowest BCUT2D eigenvalue weighted by molar-refractivity contribution is 0.250. The highest BCUT2D eigenvalue weighted by atomic mass is 16.3. The van der Waals surface area contributed by atoms with E-state index in [4.69, 9.17) is 4.42 Å². The molecular formula is C16H20N4O. The first-order valence-corrected chi connectivity index (χ1v) is 7.07. The van der Waals surface area contributed by atoms with E-state index in [9.17, 15) is 0 Å². The second kappa shape index (κ2) is 6.11. The van der Waals surface area contributed by atoms with Crippen molar-refractivity contribution in [3.63, 3.8) is 0 Å². The van der Waals surface area contributed by atoms with Gasteiger partial charge >= 0.3 is 0 Å². The lowest BCUT2D eigenvalue weighted by Gasteiger charge is -2.22. The molecular weight excluding hydrogens is 264 g/mol. The molecule has 0 saturated carbocycles. The van der Waals surface area contributed by atoms with Crippen molar-refractivity contribution in [2.45, 2.75) is 12.6 Å². The Labute approximate surface area is 124 Å². The molecule has 0 spiro atoms. The van der Waals surface area contributed by atoms with Gasteiger partial charge in [-0.1, -0.05) is 6.07 Å². The molecule has 0 aliphatic rings. The molecule has 0 bridgehead atoms. The van der Waals surface area contributed by atoms with Gasteiger partial charge in [0.05, 0.1) is 18.0 Å². The number of nitrogens with one attached hydrogen (secondary N) is 1. The lowest BCUT2D eigenvalue weighted by atomic mass is 10.2. The fourth-order valence-corrected chi connectivity index (χ4v) is 2.43. The summed E-state index contributed by atoms with van der Waals surface area (Å²) in [6, 6.07) is 10.2. The average molecular weight is 284 g/mol. The van der Waals surface area contributed by atoms with Crippen LogP contribution in [0.15, 0.2) is 53.4 Å². The van der Waals surface area contributed by atoms with Crippen LogP contribution in [0.1, 0.15) is 17.5 Å². The first-order valence-electron chi connectivity index (χ1n) is 7.07. The fraction of sp³-hybridized carbons (Fsp3) is 0.312. The van der Waals surface area contributed by atoms with Crippen molar-refractivity contribution in [2.24, 2.45) is 0 Å². The Morgan fingerprint density at radius 3 is 2.90 bits per heavy atom. The molecule has 0 aliphatic carbocycles. The van der Waals surface area contributed by atoms with E-state index in [2.05, 4.69) is 35.5 Å². The molecule has 0 saturated heterocycles. The van der Waals surface area contributed by atoms with Crippen LogP contribution in [0.4, 0.5) is 0 Å². The van der Waals surface area contributed by atoms with Crippen molar-refractivity contribution in [2.75, 3.05) is 20.6 Å². The molecule has 1 N–H and O–H groups in total. The van der Waals surface area contributed by atoms with Gasteiger partial charge < -0.3 is 14.1 Å². The van der Waals surface area contributed by atoms with E-state index < -0.39 is 0 Å². The van der Waals surface area contributed by atoms with Crippen LogP contribution >= 0.6 is 0 Å². The van der Waals surface area contributed by atoms with Gasteiger partial charge in [-0.2, -0.15) is 0 Å². The molecule has 5 heteroatoms. The van der Waals surface area contributed by atoms with Gasteiger partial charge in [0.1, 0.15) is 11.4 Å². The van der Waals surface area contributed by atoms with Crippen LogP contribution in [0.25, 0.3) is 5.65 Å². The van der Waals surface area contributed by atoms with E-state index >= 15 is 0 Å². The maximum absolute atomic E-state index is 5.51. The molecule has 0 radical (unpaired) electrons. The third kappa shape index (κ3) is 3.15. The Morgan fingerprint density at radius 2 is 2.19 bits per heavy atom. The van der Waals surface area contributed by atoms with Gasteiger partial charge in [-0.25, -0.2) is 4.98 Å². The predicted octanol–water partition coefficient (Wildman–Crippen LogP) is 2.32. The van der Waals surface area contributed by atoms with Gasteiger partial charge in [0, 0.05) is 25.5 Å². The third-order valence-corrected chi connectivity index (χ3v) is 3.55. The van der Waals surface area contributed by atoms with Gasteiger partial charge in [-0.05, 0) is 38.4 Å². The van der Waals surface area contributed by atoms with Crippen LogP contribution in [0, 0.1) is 0 Å². The number of rotatable bonds is 6. The highest BCUT2D eigenvalue weighted by Crippen LogP contribution is 2.17. The van der Waals surface area contributed by atoms with Crippen molar-refractivity contribution in [3.05, 3.63) is 60.4 Å². The summed E-state index contributed by atoms with van der Waals surface area (Å²) >= 11 is 0. The second-order valence-corrected chi connectivity index (χ2v) is 5.32. The fourth-order valence-electron chi connectivity index (χ4n) is 2.43. The van der Waals surface area contributed by atoms with E-state index in [0.717, 1.165) is 30.2 Å². The standard InChI is InChI=1S/C16H20N4O/c1-19(2)14(15-6-5-9-21-15)11-17-10-13-12-20-8-4-3-7-16(20)18-13/h3-9,12,14,17H,10-11H2,1-2H3. The summed E-state index contributed by atoms with van der Waals surface area (Å²) in [5, 5.41) is 3.45. The summed E-state index contributed by atoms with van der Waals surface area (Å²) < 4.78 is 7.54. The Kier molecular flexibility index (Phi) is 4.03. The molecule has 1 unspecified atom stereocenters. The first-order chi connectivity index (χ1) is 10.2. The minimum absolute atomic E-state index is 0.219. The number of nitrogens with zero attached hydrogens (tertiary/aromatic N) is 3. The first kappa shape index (κ1) is 13.9. The topological polar surface area (TPSA) is 45.7 Å². The van der Waals surface area contributed by atoms with Gasteiger partial charge in [0.25, 0.3) is 0 Å². The van der Waals surface area contributed by atoms with Crippen LogP contribution in [0.2, 0.25) is 0 Å². The molecule has 0 aromatic carbocycles. The number of hydrogen-bond acceptors (Lipinski definition) is 4. The smallest absolute Gasteiger partial charge is 0.137 e. The van der Waals surface area contributed by atoms with Crippen LogP contribution in [0.3, 0.4) is 0 Å². The molecule has 110 valence electrons. The summed E-state index contributed by atoms with van der Waals surface area (Å²) in [6.45, 7) is 1.56. The molecule has 5 nitrogen and oxygen atoms in total. The molecule has 3 aromatic rings. The number of furan rings is 1. The van der Waals surface area contributed by atoms with E-state index in [1.807, 2.05) is 40.9 Å². The van der Waals surface area contributed by atoms with E-state index in [1.54, 1.807) is 6.26 Å². The molecule has 1 atom stereocenters. The Morgan fingerprint density at radius 1 is 1.29 bits per heavy atom. The quantitative estimate of drug-likeness (QED) is 0.754. The van der Waals surface area contributed by atoms with Gasteiger partial charge in [0.15, 0.2) is 0 Å².